The molecule has 6 heteroatoms. The number of hydrogen-bond donors (Lipinski definition) is 2. The first-order valence-electron chi connectivity index (χ1n) is 4.00. The number of hydrogen-bond acceptors (Lipinski definition) is 4. The quantitative estimate of drug-likeness (QED) is 0.575. The summed E-state index contributed by atoms with van der Waals surface area (Å²) in [5, 5.41) is 10.4. The lowest BCUT2D eigenvalue weighted by atomic mass is 10.6. The zero-order chi connectivity index (χ0) is 10.5. The molecule has 0 aliphatic rings. The highest BCUT2D eigenvalue weighted by Gasteiger charge is 2.14. The average Bonchev–Trinajstić information content (AvgIpc) is 1.97. The molecule has 0 aromatic carbocycles. The summed E-state index contributed by atoms with van der Waals surface area (Å²) in [5.41, 5.74) is 0. The number of nitrogens with one attached hydrogen (secondary N) is 1. The Hall–Kier alpha value is -0.620. The molecule has 0 aliphatic heterocycles. The number of rotatable bonds is 6. The molecule has 0 aliphatic carbocycles. The third-order valence-corrected chi connectivity index (χ3v) is 3.77. The van der Waals surface area contributed by atoms with Crippen molar-refractivity contribution >= 4 is 15.8 Å². The van der Waals surface area contributed by atoms with Crippen LogP contribution in [0.4, 0.5) is 0 Å². The van der Waals surface area contributed by atoms with Gasteiger partial charge < -0.3 is 10.4 Å². The van der Waals surface area contributed by atoms with E-state index in [1.165, 1.54) is 0 Å². The van der Waals surface area contributed by atoms with E-state index in [0.29, 0.717) is 0 Å². The topological polar surface area (TPSA) is 83.5 Å². The van der Waals surface area contributed by atoms with E-state index in [9.17, 15) is 13.2 Å². The Balaban J connectivity index is 3.72. The van der Waals surface area contributed by atoms with Gasteiger partial charge in [0.25, 0.3) is 0 Å². The molecule has 0 spiro atoms. The molecule has 0 unspecified atom stereocenters. The van der Waals surface area contributed by atoms with Crippen LogP contribution in [-0.4, -0.2) is 43.6 Å². The molecule has 5 nitrogen and oxygen atoms in total. The highest BCUT2D eigenvalue weighted by atomic mass is 32.2. The summed E-state index contributed by atoms with van der Waals surface area (Å²) in [7, 11) is -3.05. The van der Waals surface area contributed by atoms with Crippen LogP contribution in [0, 0.1) is 0 Å². The van der Waals surface area contributed by atoms with Crippen molar-refractivity contribution in [1.29, 1.82) is 0 Å². The van der Waals surface area contributed by atoms with Crippen LogP contribution in [0.2, 0.25) is 0 Å². The SMILES string of the molecule is CC(C)S(=O)(=O)CCNCC(=O)O. The minimum absolute atomic E-state index is 0.0159. The van der Waals surface area contributed by atoms with Crippen molar-refractivity contribution in [2.75, 3.05) is 18.8 Å². The Bertz CT molecular complexity index is 258. The Labute approximate surface area is 78.1 Å². The first-order valence-corrected chi connectivity index (χ1v) is 5.72. The fraction of sp³-hybridized carbons (Fsp3) is 0.857. The molecule has 0 bridgehead atoms. The van der Waals surface area contributed by atoms with Crippen LogP contribution in [-0.2, 0) is 14.6 Å². The number of sulfone groups is 1. The van der Waals surface area contributed by atoms with E-state index in [2.05, 4.69) is 5.32 Å². The lowest BCUT2D eigenvalue weighted by Crippen LogP contribution is -2.30. The van der Waals surface area contributed by atoms with Gasteiger partial charge in [-0.2, -0.15) is 0 Å². The van der Waals surface area contributed by atoms with Crippen molar-refractivity contribution in [3.8, 4) is 0 Å². The second kappa shape index (κ2) is 5.18. The van der Waals surface area contributed by atoms with Gasteiger partial charge in [-0.25, -0.2) is 8.42 Å². The molecule has 0 rings (SSSR count). The zero-order valence-electron chi connectivity index (χ0n) is 7.78. The Morgan fingerprint density at radius 3 is 2.38 bits per heavy atom. The van der Waals surface area contributed by atoms with E-state index >= 15 is 0 Å². The summed E-state index contributed by atoms with van der Waals surface area (Å²) in [6.07, 6.45) is 0. The molecule has 78 valence electrons. The zero-order valence-corrected chi connectivity index (χ0v) is 8.60. The number of aliphatic carboxylic acids is 1. The van der Waals surface area contributed by atoms with E-state index in [-0.39, 0.29) is 18.8 Å². The van der Waals surface area contributed by atoms with Gasteiger partial charge >= 0.3 is 5.97 Å². The van der Waals surface area contributed by atoms with Gasteiger partial charge in [0.05, 0.1) is 17.5 Å². The van der Waals surface area contributed by atoms with Crippen molar-refractivity contribution in [2.24, 2.45) is 0 Å². The van der Waals surface area contributed by atoms with Gasteiger partial charge in [0.1, 0.15) is 0 Å². The van der Waals surface area contributed by atoms with Gasteiger partial charge in [-0.3, -0.25) is 4.79 Å². The molecule has 0 amide bonds. The standard InChI is InChI=1S/C7H15NO4S/c1-6(2)13(11,12)4-3-8-5-7(9)10/h6,8H,3-5H2,1-2H3,(H,9,10). The van der Waals surface area contributed by atoms with E-state index in [4.69, 9.17) is 5.11 Å². The van der Waals surface area contributed by atoms with Crippen molar-refractivity contribution in [2.45, 2.75) is 19.1 Å². The van der Waals surface area contributed by atoms with Crippen molar-refractivity contribution in [3.63, 3.8) is 0 Å². The van der Waals surface area contributed by atoms with Crippen LogP contribution in [0.1, 0.15) is 13.8 Å². The predicted octanol–water partition coefficient (Wildman–Crippen LogP) is -0.516. The Morgan fingerprint density at radius 2 is 2.00 bits per heavy atom. The molecule has 0 heterocycles. The third kappa shape index (κ3) is 5.59. The van der Waals surface area contributed by atoms with Crippen LogP contribution in [0.5, 0.6) is 0 Å². The third-order valence-electron chi connectivity index (χ3n) is 1.56. The molecule has 2 N–H and O–H groups in total. The lowest BCUT2D eigenvalue weighted by molar-refractivity contribution is -0.135. The van der Waals surface area contributed by atoms with Crippen molar-refractivity contribution in [1.82, 2.24) is 5.32 Å². The second-order valence-corrected chi connectivity index (χ2v) is 5.66. The molecule has 0 saturated heterocycles. The van der Waals surface area contributed by atoms with E-state index in [0.717, 1.165) is 0 Å². The molecule has 0 aromatic rings. The van der Waals surface area contributed by atoms with E-state index in [1.54, 1.807) is 13.8 Å². The minimum atomic E-state index is -3.05. The van der Waals surface area contributed by atoms with Crippen LogP contribution in [0.25, 0.3) is 0 Å². The maximum absolute atomic E-state index is 11.2. The molecule has 0 fully saturated rings. The van der Waals surface area contributed by atoms with Gasteiger partial charge in [0, 0.05) is 6.54 Å². The first-order chi connectivity index (χ1) is 5.86. The minimum Gasteiger partial charge on any atom is -0.480 e. The highest BCUT2D eigenvalue weighted by Crippen LogP contribution is 1.98. The van der Waals surface area contributed by atoms with Crippen LogP contribution < -0.4 is 5.32 Å². The summed E-state index contributed by atoms with van der Waals surface area (Å²) < 4.78 is 22.4. The maximum atomic E-state index is 11.2. The van der Waals surface area contributed by atoms with Gasteiger partial charge in [0.2, 0.25) is 0 Å². The van der Waals surface area contributed by atoms with Gasteiger partial charge in [-0.15, -0.1) is 0 Å². The van der Waals surface area contributed by atoms with Crippen molar-refractivity contribution < 1.29 is 18.3 Å². The molecule has 0 radical (unpaired) electrons. The molecule has 13 heavy (non-hydrogen) atoms. The van der Waals surface area contributed by atoms with Gasteiger partial charge in [0.15, 0.2) is 9.84 Å². The summed E-state index contributed by atoms with van der Waals surface area (Å²) in [6.45, 7) is 3.19. The van der Waals surface area contributed by atoms with Crippen LogP contribution in [0.15, 0.2) is 0 Å². The predicted molar refractivity (Wildman–Crippen MR) is 49.4 cm³/mol. The molecule has 0 aromatic heterocycles. The molecular formula is C7H15NO4S. The van der Waals surface area contributed by atoms with Crippen molar-refractivity contribution in [3.05, 3.63) is 0 Å². The molecule has 0 atom stereocenters. The summed E-state index contributed by atoms with van der Waals surface area (Å²) in [4.78, 5) is 10.0. The Kier molecular flexibility index (Phi) is 4.94. The fourth-order valence-electron chi connectivity index (χ4n) is 0.645. The average molecular weight is 209 g/mol. The fourth-order valence-corrected chi connectivity index (χ4v) is 1.55. The highest BCUT2D eigenvalue weighted by molar-refractivity contribution is 7.92. The smallest absolute Gasteiger partial charge is 0.317 e. The first kappa shape index (κ1) is 12.4. The number of carboxylic acid groups (broad SMARTS) is 1. The number of carboxylic acids is 1. The van der Waals surface area contributed by atoms with Gasteiger partial charge in [-0.1, -0.05) is 0 Å². The normalized spacial score (nSPS) is 11.9. The largest absolute Gasteiger partial charge is 0.480 e. The summed E-state index contributed by atoms with van der Waals surface area (Å²) in [5.74, 6) is -1.00. The van der Waals surface area contributed by atoms with E-state index < -0.39 is 21.1 Å². The summed E-state index contributed by atoms with van der Waals surface area (Å²) >= 11 is 0. The molecular weight excluding hydrogens is 194 g/mol. The van der Waals surface area contributed by atoms with Crippen LogP contribution >= 0.6 is 0 Å². The Morgan fingerprint density at radius 1 is 1.46 bits per heavy atom. The number of carbonyl (C=O) groups is 1. The maximum Gasteiger partial charge on any atom is 0.317 e. The van der Waals surface area contributed by atoms with Gasteiger partial charge in [-0.05, 0) is 13.8 Å². The molecule has 0 saturated carbocycles. The monoisotopic (exact) mass is 209 g/mol. The van der Waals surface area contributed by atoms with E-state index in [1.807, 2.05) is 0 Å². The lowest BCUT2D eigenvalue weighted by Gasteiger charge is -2.07. The van der Waals surface area contributed by atoms with Crippen LogP contribution in [0.3, 0.4) is 0 Å². The second-order valence-electron chi connectivity index (χ2n) is 2.99. The summed E-state index contributed by atoms with van der Waals surface area (Å²) in [6, 6.07) is 0.